The van der Waals surface area contributed by atoms with Gasteiger partial charge in [0.25, 0.3) is 11.5 Å². The number of pyridine rings is 1. The second-order valence-electron chi connectivity index (χ2n) is 6.35. The molecule has 0 aliphatic rings. The molecule has 1 heterocycles. The van der Waals surface area contributed by atoms with Crippen molar-refractivity contribution in [3.05, 3.63) is 94.2 Å². The molecule has 0 unspecified atom stereocenters. The monoisotopic (exact) mass is 412 g/mol. The molecule has 2 aromatic carbocycles. The number of hydrazine groups is 1. The van der Waals surface area contributed by atoms with Crippen molar-refractivity contribution in [1.82, 2.24) is 9.99 Å². The molecule has 1 aromatic heterocycles. The maximum absolute atomic E-state index is 12.9. The van der Waals surface area contributed by atoms with E-state index in [0.717, 1.165) is 4.57 Å². The summed E-state index contributed by atoms with van der Waals surface area (Å²) in [6.07, 6.45) is 1.26. The summed E-state index contributed by atoms with van der Waals surface area (Å²) in [5.41, 5.74) is 6.15. The summed E-state index contributed by atoms with van der Waals surface area (Å²) >= 11 is 0. The van der Waals surface area contributed by atoms with Crippen molar-refractivity contribution in [3.63, 3.8) is 0 Å². The van der Waals surface area contributed by atoms with Crippen LogP contribution in [0, 0.1) is 5.82 Å². The van der Waals surface area contributed by atoms with Gasteiger partial charge >= 0.3 is 0 Å². The summed E-state index contributed by atoms with van der Waals surface area (Å²) in [7, 11) is 0. The maximum Gasteiger partial charge on any atom is 0.271 e. The van der Waals surface area contributed by atoms with Crippen molar-refractivity contribution >= 4 is 23.2 Å². The van der Waals surface area contributed by atoms with E-state index in [2.05, 4.69) is 16.2 Å². The third kappa shape index (κ3) is 5.51. The van der Waals surface area contributed by atoms with Crippen molar-refractivity contribution in [3.8, 4) is 0 Å². The summed E-state index contributed by atoms with van der Waals surface area (Å²) < 4.78 is 26.6. The van der Waals surface area contributed by atoms with Gasteiger partial charge in [0.15, 0.2) is 0 Å². The number of hydrogen-bond acceptors (Lipinski definition) is 4. The molecule has 0 spiro atoms. The average molecular weight is 412 g/mol. The average Bonchev–Trinajstić information content (AvgIpc) is 2.75. The first-order valence-electron chi connectivity index (χ1n) is 8.92. The highest BCUT2D eigenvalue weighted by molar-refractivity contribution is 5.95. The van der Waals surface area contributed by atoms with Gasteiger partial charge in [-0.05, 0) is 48.0 Å². The Hall–Kier alpha value is -4.01. The van der Waals surface area contributed by atoms with Crippen LogP contribution in [0.4, 0.5) is 20.2 Å². The number of nitrogens with one attached hydrogen (secondary N) is 3. The maximum atomic E-state index is 12.9. The molecule has 3 aromatic rings. The van der Waals surface area contributed by atoms with Gasteiger partial charge in [-0.15, -0.1) is 0 Å². The second kappa shape index (κ2) is 9.46. The first-order chi connectivity index (χ1) is 14.4. The number of aromatic nitrogens is 1. The van der Waals surface area contributed by atoms with Gasteiger partial charge in [0.1, 0.15) is 19.0 Å². The van der Waals surface area contributed by atoms with Gasteiger partial charge < -0.3 is 9.88 Å². The molecule has 2 amide bonds. The number of amides is 2. The molecule has 7 nitrogen and oxygen atoms in total. The predicted molar refractivity (Wildman–Crippen MR) is 108 cm³/mol. The van der Waals surface area contributed by atoms with E-state index >= 15 is 0 Å². The predicted octanol–water partition coefficient (Wildman–Crippen LogP) is 2.85. The van der Waals surface area contributed by atoms with Crippen molar-refractivity contribution in [1.29, 1.82) is 0 Å². The molecule has 3 N–H and O–H groups in total. The number of carbonyl (C=O) groups excluding carboxylic acids is 2. The highest BCUT2D eigenvalue weighted by atomic mass is 19.1. The van der Waals surface area contributed by atoms with Crippen molar-refractivity contribution in [2.24, 2.45) is 0 Å². The smallest absolute Gasteiger partial charge is 0.271 e. The van der Waals surface area contributed by atoms with E-state index in [-0.39, 0.29) is 12.1 Å². The van der Waals surface area contributed by atoms with Crippen LogP contribution in [-0.2, 0) is 18.0 Å². The normalized spacial score (nSPS) is 10.3. The number of alkyl halides is 1. The molecular formula is C21H18F2N4O3. The van der Waals surface area contributed by atoms with Gasteiger partial charge in [0.2, 0.25) is 5.91 Å². The Morgan fingerprint density at radius 2 is 1.57 bits per heavy atom. The van der Waals surface area contributed by atoms with Crippen LogP contribution in [0.25, 0.3) is 0 Å². The lowest BCUT2D eigenvalue weighted by Crippen LogP contribution is -2.32. The second-order valence-corrected chi connectivity index (χ2v) is 6.35. The Kier molecular flexibility index (Phi) is 6.53. The van der Waals surface area contributed by atoms with Crippen LogP contribution >= 0.6 is 0 Å². The molecule has 9 heteroatoms. The van der Waals surface area contributed by atoms with Crippen LogP contribution in [-0.4, -0.2) is 16.4 Å². The number of halogens is 2. The van der Waals surface area contributed by atoms with Gasteiger partial charge in [-0.3, -0.25) is 25.2 Å². The first-order valence-corrected chi connectivity index (χ1v) is 8.92. The minimum absolute atomic E-state index is 0.143. The summed E-state index contributed by atoms with van der Waals surface area (Å²) in [5, 5.41) is 2.60. The molecule has 0 radical (unpaired) electrons. The zero-order valence-electron chi connectivity index (χ0n) is 15.7. The number of hydrogen-bond donors (Lipinski definition) is 3. The van der Waals surface area contributed by atoms with E-state index < -0.39 is 29.9 Å². The molecule has 0 saturated carbocycles. The van der Waals surface area contributed by atoms with Crippen molar-refractivity contribution < 1.29 is 18.4 Å². The van der Waals surface area contributed by atoms with Gasteiger partial charge in [-0.2, -0.15) is 0 Å². The number of rotatable bonds is 7. The van der Waals surface area contributed by atoms with Crippen LogP contribution in [0.3, 0.4) is 0 Å². The highest BCUT2D eigenvalue weighted by Crippen LogP contribution is 2.10. The topological polar surface area (TPSA) is 92.2 Å². The number of anilines is 2. The van der Waals surface area contributed by atoms with E-state index in [0.29, 0.717) is 16.9 Å². The molecule has 0 atom stereocenters. The molecule has 30 heavy (non-hydrogen) atoms. The van der Waals surface area contributed by atoms with Crippen molar-refractivity contribution in [2.45, 2.75) is 13.2 Å². The third-order valence-corrected chi connectivity index (χ3v) is 4.12. The standard InChI is InChI=1S/C21H18F2N4O3/c22-11-14-1-6-17(7-2-14)24-19(28)13-27-12-15(3-10-20(27)29)21(30)26-25-18-8-4-16(23)5-9-18/h1-10,12,25H,11,13H2,(H,24,28)(H,26,30). The quantitative estimate of drug-likeness (QED) is 0.521. The Morgan fingerprint density at radius 1 is 0.900 bits per heavy atom. The fraction of sp³-hybridized carbons (Fsp3) is 0.0952. The Labute approximate surface area is 170 Å². The Morgan fingerprint density at radius 3 is 2.23 bits per heavy atom. The largest absolute Gasteiger partial charge is 0.325 e. The Balaban J connectivity index is 1.63. The van der Waals surface area contributed by atoms with Gasteiger partial charge in [-0.1, -0.05) is 12.1 Å². The van der Waals surface area contributed by atoms with Gasteiger partial charge in [0.05, 0.1) is 11.3 Å². The molecule has 0 aliphatic heterocycles. The van der Waals surface area contributed by atoms with E-state index in [1.165, 1.54) is 42.6 Å². The first kappa shape index (κ1) is 20.7. The van der Waals surface area contributed by atoms with E-state index in [4.69, 9.17) is 0 Å². The minimum atomic E-state index is -0.603. The lowest BCUT2D eigenvalue weighted by Gasteiger charge is -2.11. The fourth-order valence-electron chi connectivity index (χ4n) is 2.56. The zero-order valence-corrected chi connectivity index (χ0v) is 15.7. The SMILES string of the molecule is O=C(Cn1cc(C(=O)NNc2ccc(F)cc2)ccc1=O)Nc1ccc(CF)cc1. The fourth-order valence-corrected chi connectivity index (χ4v) is 2.56. The Bertz CT molecular complexity index is 1100. The number of benzene rings is 2. The summed E-state index contributed by atoms with van der Waals surface area (Å²) in [4.78, 5) is 36.5. The number of carbonyl (C=O) groups is 2. The van der Waals surface area contributed by atoms with E-state index in [9.17, 15) is 23.2 Å². The molecule has 0 saturated heterocycles. The lowest BCUT2D eigenvalue weighted by molar-refractivity contribution is -0.116. The molecule has 154 valence electrons. The molecule has 0 aliphatic carbocycles. The van der Waals surface area contributed by atoms with Gasteiger partial charge in [-0.25, -0.2) is 8.78 Å². The van der Waals surface area contributed by atoms with Gasteiger partial charge in [0, 0.05) is 18.0 Å². The van der Waals surface area contributed by atoms with Crippen LogP contribution < -0.4 is 21.7 Å². The summed E-state index contributed by atoms with van der Waals surface area (Å²) in [6, 6.07) is 14.1. The zero-order chi connectivity index (χ0) is 21.5. The van der Waals surface area contributed by atoms with Crippen LogP contribution in [0.1, 0.15) is 15.9 Å². The van der Waals surface area contributed by atoms with E-state index in [1.54, 1.807) is 24.3 Å². The number of nitrogens with zero attached hydrogens (tertiary/aromatic N) is 1. The molecule has 0 bridgehead atoms. The minimum Gasteiger partial charge on any atom is -0.325 e. The lowest BCUT2D eigenvalue weighted by atomic mass is 10.2. The molecule has 0 fully saturated rings. The van der Waals surface area contributed by atoms with Crippen LogP contribution in [0.5, 0.6) is 0 Å². The molecular weight excluding hydrogens is 394 g/mol. The molecule has 3 rings (SSSR count). The summed E-state index contributed by atoms with van der Waals surface area (Å²) in [6.45, 7) is -0.912. The third-order valence-electron chi connectivity index (χ3n) is 4.12. The van der Waals surface area contributed by atoms with E-state index in [1.807, 2.05) is 0 Å². The van der Waals surface area contributed by atoms with Crippen molar-refractivity contribution in [2.75, 3.05) is 10.7 Å². The van der Waals surface area contributed by atoms with Crippen LogP contribution in [0.2, 0.25) is 0 Å². The van der Waals surface area contributed by atoms with Crippen LogP contribution in [0.15, 0.2) is 71.7 Å². The highest BCUT2D eigenvalue weighted by Gasteiger charge is 2.10. The summed E-state index contributed by atoms with van der Waals surface area (Å²) in [5.74, 6) is -1.43.